The lowest BCUT2D eigenvalue weighted by Gasteiger charge is -2.17. The summed E-state index contributed by atoms with van der Waals surface area (Å²) in [6.07, 6.45) is 3.77. The van der Waals surface area contributed by atoms with Crippen LogP contribution in [0.15, 0.2) is 11.2 Å². The van der Waals surface area contributed by atoms with Crippen LogP contribution in [-0.4, -0.2) is 15.0 Å². The van der Waals surface area contributed by atoms with Crippen LogP contribution in [0.4, 0.5) is 0 Å². The van der Waals surface area contributed by atoms with Crippen molar-refractivity contribution in [2.24, 2.45) is 0 Å². The lowest BCUT2D eigenvalue weighted by molar-refractivity contribution is 0.347. The van der Waals surface area contributed by atoms with Gasteiger partial charge < -0.3 is 0 Å². The van der Waals surface area contributed by atoms with E-state index in [2.05, 4.69) is 47.0 Å². The molecule has 0 amide bonds. The molecule has 66 valence electrons. The zero-order valence-electron chi connectivity index (χ0n) is 7.45. The molecule has 0 fully saturated rings. The molecule has 1 rings (SSSR count). The minimum absolute atomic E-state index is 0.00536. The maximum atomic E-state index is 4.00. The first-order valence-electron chi connectivity index (χ1n) is 3.73. The third kappa shape index (κ3) is 2.17. The monoisotopic (exact) mass is 229 g/mol. The molecule has 0 N–H and O–H groups in total. The molecule has 0 aromatic carbocycles. The largest absolute Gasteiger partial charge is 0.247 e. The Labute approximate surface area is 80.6 Å². The minimum Gasteiger partial charge on any atom is -0.247 e. The van der Waals surface area contributed by atoms with Gasteiger partial charge >= 0.3 is 0 Å². The molecule has 12 heavy (non-hydrogen) atoms. The van der Waals surface area contributed by atoms with Crippen LogP contribution in [0.25, 0.3) is 6.08 Å². The summed E-state index contributed by atoms with van der Waals surface area (Å²) in [5, 5.41) is 7.97. The molecule has 0 spiro atoms. The Morgan fingerprint density at radius 3 is 2.58 bits per heavy atom. The Morgan fingerprint density at radius 2 is 2.17 bits per heavy atom. The van der Waals surface area contributed by atoms with E-state index in [1.807, 2.05) is 17.0 Å². The van der Waals surface area contributed by atoms with E-state index in [1.165, 1.54) is 0 Å². The summed E-state index contributed by atoms with van der Waals surface area (Å²) in [6, 6.07) is 0. The second-order valence-electron chi connectivity index (χ2n) is 3.55. The fourth-order valence-electron chi connectivity index (χ4n) is 0.745. The summed E-state index contributed by atoms with van der Waals surface area (Å²) in [5.74, 6) is 0. The summed E-state index contributed by atoms with van der Waals surface area (Å²) in [4.78, 5) is 1.77. The Balaban J connectivity index is 2.92. The van der Waals surface area contributed by atoms with Crippen molar-refractivity contribution in [3.05, 3.63) is 16.9 Å². The topological polar surface area (TPSA) is 30.7 Å². The van der Waals surface area contributed by atoms with Gasteiger partial charge in [0.05, 0.1) is 11.7 Å². The van der Waals surface area contributed by atoms with Crippen LogP contribution in [0, 0.1) is 0 Å². The fraction of sp³-hybridized carbons (Fsp3) is 0.500. The highest BCUT2D eigenvalue weighted by molar-refractivity contribution is 9.11. The maximum absolute atomic E-state index is 4.00. The average Bonchev–Trinajstić information content (AvgIpc) is 2.35. The van der Waals surface area contributed by atoms with Gasteiger partial charge in [-0.05, 0) is 31.8 Å². The van der Waals surface area contributed by atoms with Gasteiger partial charge in [-0.1, -0.05) is 21.1 Å². The Bertz CT molecular complexity index is 283. The number of nitrogens with zero attached hydrogens (tertiary/aromatic N) is 3. The Morgan fingerprint density at radius 1 is 1.50 bits per heavy atom. The van der Waals surface area contributed by atoms with Crippen molar-refractivity contribution in [2.75, 3.05) is 0 Å². The van der Waals surface area contributed by atoms with Crippen LogP contribution in [0.2, 0.25) is 0 Å². The molecule has 4 heteroatoms. The van der Waals surface area contributed by atoms with Crippen LogP contribution in [0.5, 0.6) is 0 Å². The van der Waals surface area contributed by atoms with E-state index >= 15 is 0 Å². The average molecular weight is 230 g/mol. The number of halogens is 1. The van der Waals surface area contributed by atoms with E-state index in [0.29, 0.717) is 0 Å². The number of hydrogen-bond donors (Lipinski definition) is 0. The van der Waals surface area contributed by atoms with Crippen LogP contribution >= 0.6 is 15.9 Å². The first kappa shape index (κ1) is 9.45. The van der Waals surface area contributed by atoms with Gasteiger partial charge in [-0.3, -0.25) is 0 Å². The quantitative estimate of drug-likeness (QED) is 0.741. The predicted molar refractivity (Wildman–Crippen MR) is 53.0 cm³/mol. The highest BCUT2D eigenvalue weighted by Gasteiger charge is 2.13. The summed E-state index contributed by atoms with van der Waals surface area (Å²) in [6.45, 7) is 6.26. The Hall–Kier alpha value is -0.640. The van der Waals surface area contributed by atoms with Gasteiger partial charge in [-0.25, -0.2) is 4.68 Å². The van der Waals surface area contributed by atoms with Gasteiger partial charge in [-0.15, -0.1) is 5.10 Å². The van der Waals surface area contributed by atoms with Crippen molar-refractivity contribution in [1.29, 1.82) is 0 Å². The van der Waals surface area contributed by atoms with Gasteiger partial charge in [0, 0.05) is 0 Å². The zero-order valence-corrected chi connectivity index (χ0v) is 9.04. The van der Waals surface area contributed by atoms with E-state index in [9.17, 15) is 0 Å². The van der Waals surface area contributed by atoms with Crippen molar-refractivity contribution in [3.8, 4) is 0 Å². The first-order valence-corrected chi connectivity index (χ1v) is 4.65. The summed E-state index contributed by atoms with van der Waals surface area (Å²) in [7, 11) is 0. The van der Waals surface area contributed by atoms with Crippen molar-refractivity contribution in [2.45, 2.75) is 26.3 Å². The highest BCUT2D eigenvalue weighted by atomic mass is 79.9. The molecule has 0 unspecified atom stereocenters. The van der Waals surface area contributed by atoms with Crippen LogP contribution < -0.4 is 0 Å². The van der Waals surface area contributed by atoms with Gasteiger partial charge in [0.1, 0.15) is 5.69 Å². The Kier molecular flexibility index (Phi) is 2.67. The molecule has 0 aliphatic carbocycles. The van der Waals surface area contributed by atoms with Crippen molar-refractivity contribution >= 4 is 22.0 Å². The number of aromatic nitrogens is 3. The lowest BCUT2D eigenvalue weighted by atomic mass is 10.1. The first-order chi connectivity index (χ1) is 5.54. The molecular formula is C8H12BrN3. The second kappa shape index (κ2) is 3.39. The van der Waals surface area contributed by atoms with Crippen molar-refractivity contribution in [3.63, 3.8) is 0 Å². The lowest BCUT2D eigenvalue weighted by Crippen LogP contribution is -2.22. The third-order valence-corrected chi connectivity index (χ3v) is 1.70. The molecule has 0 radical (unpaired) electrons. The molecule has 1 aromatic heterocycles. The smallest absolute Gasteiger partial charge is 0.106 e. The maximum Gasteiger partial charge on any atom is 0.106 e. The molecule has 0 aliphatic heterocycles. The number of rotatable bonds is 1. The van der Waals surface area contributed by atoms with Gasteiger partial charge in [0.2, 0.25) is 0 Å². The summed E-state index contributed by atoms with van der Waals surface area (Å²) < 4.78 is 1.84. The SMILES string of the molecule is CC(C)(C)n1cc(/C=C/Br)nn1. The van der Waals surface area contributed by atoms with E-state index in [0.717, 1.165) is 5.69 Å². The summed E-state index contributed by atoms with van der Waals surface area (Å²) >= 11 is 3.19. The normalized spacial score (nSPS) is 12.7. The van der Waals surface area contributed by atoms with Crippen LogP contribution in [0.3, 0.4) is 0 Å². The molecule has 1 heterocycles. The van der Waals surface area contributed by atoms with Gasteiger partial charge in [0.25, 0.3) is 0 Å². The van der Waals surface area contributed by atoms with E-state index in [4.69, 9.17) is 0 Å². The van der Waals surface area contributed by atoms with E-state index in [-0.39, 0.29) is 5.54 Å². The highest BCUT2D eigenvalue weighted by Crippen LogP contribution is 2.12. The molecule has 0 aliphatic rings. The molecular weight excluding hydrogens is 218 g/mol. The molecule has 1 aromatic rings. The van der Waals surface area contributed by atoms with E-state index in [1.54, 1.807) is 4.99 Å². The predicted octanol–water partition coefficient (Wildman–Crippen LogP) is 2.40. The molecule has 0 saturated heterocycles. The summed E-state index contributed by atoms with van der Waals surface area (Å²) in [5.41, 5.74) is 0.868. The van der Waals surface area contributed by atoms with Crippen molar-refractivity contribution in [1.82, 2.24) is 15.0 Å². The molecule has 0 bridgehead atoms. The molecule has 0 saturated carbocycles. The molecule has 0 atom stereocenters. The number of hydrogen-bond acceptors (Lipinski definition) is 2. The van der Waals surface area contributed by atoms with Gasteiger partial charge in [0.15, 0.2) is 0 Å². The molecule has 3 nitrogen and oxygen atoms in total. The van der Waals surface area contributed by atoms with Crippen LogP contribution in [-0.2, 0) is 5.54 Å². The zero-order chi connectivity index (χ0) is 9.19. The van der Waals surface area contributed by atoms with E-state index < -0.39 is 0 Å². The van der Waals surface area contributed by atoms with Gasteiger partial charge in [-0.2, -0.15) is 0 Å². The van der Waals surface area contributed by atoms with Crippen LogP contribution in [0.1, 0.15) is 26.5 Å². The van der Waals surface area contributed by atoms with Crippen molar-refractivity contribution < 1.29 is 0 Å². The fourth-order valence-corrected chi connectivity index (χ4v) is 1.02. The third-order valence-electron chi connectivity index (χ3n) is 1.43. The second-order valence-corrected chi connectivity index (χ2v) is 4.08. The minimum atomic E-state index is 0.00536. The standard InChI is InChI=1S/C8H12BrN3/c1-8(2,3)12-6-7(4-5-9)10-11-12/h4-6H,1-3H3/b5-4+.